The van der Waals surface area contributed by atoms with Gasteiger partial charge in [0.2, 0.25) is 0 Å². The van der Waals surface area contributed by atoms with Gasteiger partial charge in [-0.15, -0.1) is 11.3 Å². The molecule has 0 saturated carbocycles. The van der Waals surface area contributed by atoms with E-state index in [-0.39, 0.29) is 5.91 Å². The summed E-state index contributed by atoms with van der Waals surface area (Å²) in [6, 6.07) is 0.428. The highest BCUT2D eigenvalue weighted by molar-refractivity contribution is 7.20. The second kappa shape index (κ2) is 5.83. The van der Waals surface area contributed by atoms with Crippen molar-refractivity contribution in [3.05, 3.63) is 22.0 Å². The molecule has 23 heavy (non-hydrogen) atoms. The highest BCUT2D eigenvalue weighted by atomic mass is 32.1. The Bertz CT molecular complexity index is 768. The van der Waals surface area contributed by atoms with Crippen LogP contribution in [0, 0.1) is 26.7 Å². The molecule has 5 nitrogen and oxygen atoms in total. The van der Waals surface area contributed by atoms with Gasteiger partial charge in [0.15, 0.2) is 0 Å². The number of carbonyl (C=O) groups excluding carboxylic acids is 1. The molecule has 3 heterocycles. The van der Waals surface area contributed by atoms with Crippen molar-refractivity contribution in [2.24, 2.45) is 5.92 Å². The number of amides is 1. The van der Waals surface area contributed by atoms with Crippen LogP contribution in [-0.2, 0) is 0 Å². The zero-order valence-corrected chi connectivity index (χ0v) is 15.5. The molecule has 0 spiro atoms. The van der Waals surface area contributed by atoms with Crippen molar-refractivity contribution >= 4 is 27.5 Å². The van der Waals surface area contributed by atoms with E-state index in [1.807, 2.05) is 25.7 Å². The van der Waals surface area contributed by atoms with E-state index in [4.69, 9.17) is 0 Å². The van der Waals surface area contributed by atoms with Crippen molar-refractivity contribution in [2.75, 3.05) is 27.2 Å². The third-order valence-corrected chi connectivity index (χ3v) is 5.97. The monoisotopic (exact) mass is 332 g/mol. The molecular weight excluding hydrogens is 308 g/mol. The fraction of sp³-hybridized carbons (Fsp3) is 0.588. The number of hydrogen-bond acceptors (Lipinski definition) is 5. The van der Waals surface area contributed by atoms with Crippen molar-refractivity contribution in [3.8, 4) is 0 Å². The normalized spacial score (nSPS) is 21.6. The van der Waals surface area contributed by atoms with Crippen LogP contribution in [0.1, 0.15) is 33.7 Å². The quantitative estimate of drug-likeness (QED) is 0.848. The summed E-state index contributed by atoms with van der Waals surface area (Å²) in [5, 5.41) is 1.04. The van der Waals surface area contributed by atoms with Crippen LogP contribution < -0.4 is 0 Å². The van der Waals surface area contributed by atoms with Gasteiger partial charge in [-0.05, 0) is 46.3 Å². The van der Waals surface area contributed by atoms with Crippen molar-refractivity contribution < 1.29 is 4.79 Å². The van der Waals surface area contributed by atoms with Crippen LogP contribution >= 0.6 is 11.3 Å². The molecule has 2 atom stereocenters. The van der Waals surface area contributed by atoms with Gasteiger partial charge in [-0.2, -0.15) is 0 Å². The summed E-state index contributed by atoms with van der Waals surface area (Å²) in [7, 11) is 4.17. The Labute approximate surface area is 141 Å². The SMILES string of the molecule is Cc1nc(C)c2c(C)c(C(=O)N3C[C@@H](C)[C@@H](N(C)C)C3)sc2n1. The summed E-state index contributed by atoms with van der Waals surface area (Å²) in [6.45, 7) is 9.73. The standard InChI is InChI=1S/C17H24N4OS/c1-9-7-21(8-13(9)20(5)6)17(22)15-10(2)14-11(3)18-12(4)19-16(14)23-15/h9,13H,7-8H2,1-6H3/t9-,13+/m1/s1. The summed E-state index contributed by atoms with van der Waals surface area (Å²) in [5.74, 6) is 1.39. The average Bonchev–Trinajstić information content (AvgIpc) is 2.99. The van der Waals surface area contributed by atoms with Crippen molar-refractivity contribution in [2.45, 2.75) is 33.7 Å². The molecule has 0 aromatic carbocycles. The molecule has 3 rings (SSSR count). The molecule has 1 amide bonds. The Morgan fingerprint density at radius 3 is 2.52 bits per heavy atom. The van der Waals surface area contributed by atoms with E-state index in [9.17, 15) is 4.79 Å². The number of likely N-dealkylation sites (tertiary alicyclic amines) is 1. The lowest BCUT2D eigenvalue weighted by atomic mass is 10.1. The number of hydrogen-bond donors (Lipinski definition) is 0. The topological polar surface area (TPSA) is 49.3 Å². The van der Waals surface area contributed by atoms with Crippen LogP contribution in [0.3, 0.4) is 0 Å². The largest absolute Gasteiger partial charge is 0.336 e. The average molecular weight is 332 g/mol. The van der Waals surface area contributed by atoms with Gasteiger partial charge in [0.1, 0.15) is 10.7 Å². The predicted molar refractivity (Wildman–Crippen MR) is 94.2 cm³/mol. The molecule has 124 valence electrons. The Kier molecular flexibility index (Phi) is 4.14. The third-order valence-electron chi connectivity index (χ3n) is 4.80. The number of thiophene rings is 1. The van der Waals surface area contributed by atoms with E-state index in [0.29, 0.717) is 12.0 Å². The van der Waals surface area contributed by atoms with Gasteiger partial charge in [-0.1, -0.05) is 6.92 Å². The van der Waals surface area contributed by atoms with Gasteiger partial charge in [-0.25, -0.2) is 9.97 Å². The number of fused-ring (bicyclic) bond motifs is 1. The van der Waals surface area contributed by atoms with Gasteiger partial charge in [0.25, 0.3) is 5.91 Å². The molecule has 0 aliphatic carbocycles. The van der Waals surface area contributed by atoms with E-state index >= 15 is 0 Å². The maximum atomic E-state index is 13.0. The molecule has 1 aliphatic heterocycles. The van der Waals surface area contributed by atoms with Crippen LogP contribution in [0.25, 0.3) is 10.2 Å². The number of carbonyl (C=O) groups is 1. The lowest BCUT2D eigenvalue weighted by Crippen LogP contribution is -2.35. The lowest BCUT2D eigenvalue weighted by molar-refractivity contribution is 0.0785. The van der Waals surface area contributed by atoms with Crippen LogP contribution in [-0.4, -0.2) is 58.9 Å². The van der Waals surface area contributed by atoms with E-state index in [0.717, 1.165) is 45.3 Å². The Morgan fingerprint density at radius 1 is 1.22 bits per heavy atom. The van der Waals surface area contributed by atoms with Crippen LogP contribution in [0.15, 0.2) is 0 Å². The molecule has 2 aromatic rings. The van der Waals surface area contributed by atoms with E-state index in [1.54, 1.807) is 0 Å². The third kappa shape index (κ3) is 2.74. The first kappa shape index (κ1) is 16.3. The van der Waals surface area contributed by atoms with Gasteiger partial charge < -0.3 is 9.80 Å². The van der Waals surface area contributed by atoms with Gasteiger partial charge in [0, 0.05) is 30.2 Å². The first-order valence-electron chi connectivity index (χ1n) is 7.99. The second-order valence-corrected chi connectivity index (χ2v) is 7.81. The molecule has 1 fully saturated rings. The van der Waals surface area contributed by atoms with Gasteiger partial charge >= 0.3 is 0 Å². The van der Waals surface area contributed by atoms with Crippen LogP contribution in [0.5, 0.6) is 0 Å². The highest BCUT2D eigenvalue weighted by Crippen LogP contribution is 2.33. The molecule has 6 heteroatoms. The Morgan fingerprint density at radius 2 is 1.91 bits per heavy atom. The van der Waals surface area contributed by atoms with Gasteiger partial charge in [0.05, 0.1) is 4.88 Å². The number of rotatable bonds is 2. The minimum atomic E-state index is 0.138. The number of aryl methyl sites for hydroxylation is 3. The van der Waals surface area contributed by atoms with Crippen molar-refractivity contribution in [3.63, 3.8) is 0 Å². The van der Waals surface area contributed by atoms with E-state index < -0.39 is 0 Å². The predicted octanol–water partition coefficient (Wildman–Crippen LogP) is 2.64. The summed E-state index contributed by atoms with van der Waals surface area (Å²) >= 11 is 1.50. The smallest absolute Gasteiger partial charge is 0.264 e. The lowest BCUT2D eigenvalue weighted by Gasteiger charge is -2.22. The first-order chi connectivity index (χ1) is 10.8. The zero-order valence-electron chi connectivity index (χ0n) is 14.7. The minimum absolute atomic E-state index is 0.138. The first-order valence-corrected chi connectivity index (χ1v) is 8.81. The number of nitrogens with zero attached hydrogens (tertiary/aromatic N) is 4. The zero-order chi connectivity index (χ0) is 16.9. The summed E-state index contributed by atoms with van der Waals surface area (Å²) in [5.41, 5.74) is 1.98. The molecule has 1 saturated heterocycles. The fourth-order valence-electron chi connectivity index (χ4n) is 3.61. The summed E-state index contributed by atoms with van der Waals surface area (Å²) < 4.78 is 0. The minimum Gasteiger partial charge on any atom is -0.336 e. The summed E-state index contributed by atoms with van der Waals surface area (Å²) in [6.07, 6.45) is 0. The maximum absolute atomic E-state index is 13.0. The molecule has 0 N–H and O–H groups in total. The molecule has 0 unspecified atom stereocenters. The summed E-state index contributed by atoms with van der Waals surface area (Å²) in [4.78, 5) is 27.9. The molecule has 1 aliphatic rings. The van der Waals surface area contributed by atoms with Crippen LogP contribution in [0.4, 0.5) is 0 Å². The Hall–Kier alpha value is -1.53. The second-order valence-electron chi connectivity index (χ2n) is 6.81. The van der Waals surface area contributed by atoms with E-state index in [1.165, 1.54) is 11.3 Å². The van der Waals surface area contributed by atoms with E-state index in [2.05, 4.69) is 35.9 Å². The van der Waals surface area contributed by atoms with Crippen molar-refractivity contribution in [1.82, 2.24) is 19.8 Å². The number of aromatic nitrogens is 2. The molecular formula is C17H24N4OS. The van der Waals surface area contributed by atoms with Gasteiger partial charge in [-0.3, -0.25) is 4.79 Å². The number of likely N-dealkylation sites (N-methyl/N-ethyl adjacent to an activating group) is 1. The fourth-order valence-corrected chi connectivity index (χ4v) is 4.85. The highest BCUT2D eigenvalue weighted by Gasteiger charge is 2.35. The molecule has 2 aromatic heterocycles. The molecule has 0 radical (unpaired) electrons. The maximum Gasteiger partial charge on any atom is 0.264 e. The van der Waals surface area contributed by atoms with Crippen molar-refractivity contribution in [1.29, 1.82) is 0 Å². The Balaban J connectivity index is 1.96. The molecule has 0 bridgehead atoms. The van der Waals surface area contributed by atoms with Crippen LogP contribution in [0.2, 0.25) is 0 Å².